The first-order chi connectivity index (χ1) is 12.8. The summed E-state index contributed by atoms with van der Waals surface area (Å²) < 4.78 is 37.8. The Morgan fingerprint density at radius 2 is 1.78 bits per heavy atom. The molecule has 0 saturated carbocycles. The average molecular weight is 398 g/mol. The van der Waals surface area contributed by atoms with Crippen molar-refractivity contribution in [1.29, 1.82) is 0 Å². The van der Waals surface area contributed by atoms with Crippen LogP contribution >= 0.6 is 11.6 Å². The van der Waals surface area contributed by atoms with Gasteiger partial charge in [-0.15, -0.1) is 0 Å². The average Bonchev–Trinajstić information content (AvgIpc) is 2.67. The molecular formula is C19H19ClF3N3O. The molecule has 1 amide bonds. The Labute approximate surface area is 160 Å². The molecule has 1 saturated heterocycles. The van der Waals surface area contributed by atoms with Gasteiger partial charge in [0.15, 0.2) is 0 Å². The molecule has 1 aliphatic rings. The molecule has 1 fully saturated rings. The maximum Gasteiger partial charge on any atom is 0.417 e. The Morgan fingerprint density at radius 1 is 1.07 bits per heavy atom. The minimum Gasteiger partial charge on any atom is -0.353 e. The molecule has 3 rings (SSSR count). The van der Waals surface area contributed by atoms with Crippen LogP contribution in [0.4, 0.5) is 19.0 Å². The van der Waals surface area contributed by atoms with Crippen LogP contribution in [0.1, 0.15) is 17.5 Å². The van der Waals surface area contributed by atoms with Gasteiger partial charge < -0.3 is 9.80 Å². The Morgan fingerprint density at radius 3 is 2.37 bits per heavy atom. The number of halogens is 4. The first kappa shape index (κ1) is 19.5. The number of alkyl halides is 3. The van der Waals surface area contributed by atoms with Gasteiger partial charge in [-0.3, -0.25) is 4.79 Å². The third kappa shape index (κ3) is 4.91. The summed E-state index contributed by atoms with van der Waals surface area (Å²) in [7, 11) is 0. The lowest BCUT2D eigenvalue weighted by molar-refractivity contribution is -0.137. The van der Waals surface area contributed by atoms with E-state index in [-0.39, 0.29) is 5.91 Å². The zero-order chi connectivity index (χ0) is 19.4. The van der Waals surface area contributed by atoms with Crippen molar-refractivity contribution in [3.63, 3.8) is 0 Å². The van der Waals surface area contributed by atoms with Crippen molar-refractivity contribution in [1.82, 2.24) is 9.88 Å². The molecule has 4 nitrogen and oxygen atoms in total. The first-order valence-corrected chi connectivity index (χ1v) is 9.02. The number of hydrogen-bond donors (Lipinski definition) is 0. The summed E-state index contributed by atoms with van der Waals surface area (Å²) in [5, 5.41) is 0.656. The van der Waals surface area contributed by atoms with Crippen LogP contribution in [0.25, 0.3) is 0 Å². The summed E-state index contributed by atoms with van der Waals surface area (Å²) in [5.41, 5.74) is 0.180. The second-order valence-electron chi connectivity index (χ2n) is 6.36. The van der Waals surface area contributed by atoms with Crippen LogP contribution in [0.5, 0.6) is 0 Å². The predicted octanol–water partition coefficient (Wildman–Crippen LogP) is 4.04. The van der Waals surface area contributed by atoms with E-state index >= 15 is 0 Å². The molecule has 0 N–H and O–H groups in total. The van der Waals surface area contributed by atoms with Gasteiger partial charge in [-0.2, -0.15) is 13.2 Å². The van der Waals surface area contributed by atoms with Crippen LogP contribution in [0, 0.1) is 0 Å². The summed E-state index contributed by atoms with van der Waals surface area (Å²) in [6.45, 7) is 2.11. The van der Waals surface area contributed by atoms with E-state index in [9.17, 15) is 18.0 Å². The molecule has 0 bridgehead atoms. The molecular weight excluding hydrogens is 379 g/mol. The van der Waals surface area contributed by atoms with Crippen molar-refractivity contribution in [2.24, 2.45) is 0 Å². The molecule has 2 aromatic rings. The van der Waals surface area contributed by atoms with Crippen molar-refractivity contribution in [3.05, 3.63) is 58.7 Å². The third-order valence-corrected chi connectivity index (χ3v) is 4.97. The number of amides is 1. The molecule has 0 atom stereocenters. The second-order valence-corrected chi connectivity index (χ2v) is 6.77. The van der Waals surface area contributed by atoms with Crippen molar-refractivity contribution in [2.45, 2.75) is 19.0 Å². The lowest BCUT2D eigenvalue weighted by Gasteiger charge is -2.35. The summed E-state index contributed by atoms with van der Waals surface area (Å²) in [6.07, 6.45) is -2.59. The molecule has 1 aromatic carbocycles. The van der Waals surface area contributed by atoms with Crippen LogP contribution in [-0.4, -0.2) is 42.0 Å². The van der Waals surface area contributed by atoms with E-state index in [0.29, 0.717) is 49.9 Å². The number of rotatable bonds is 4. The maximum absolute atomic E-state index is 12.6. The van der Waals surface area contributed by atoms with Crippen LogP contribution in [0.3, 0.4) is 0 Å². The van der Waals surface area contributed by atoms with Crippen molar-refractivity contribution in [3.8, 4) is 0 Å². The van der Waals surface area contributed by atoms with Gasteiger partial charge in [-0.1, -0.05) is 29.8 Å². The fourth-order valence-corrected chi connectivity index (χ4v) is 3.26. The van der Waals surface area contributed by atoms with Gasteiger partial charge >= 0.3 is 6.18 Å². The maximum atomic E-state index is 12.6. The van der Waals surface area contributed by atoms with Crippen LogP contribution in [0.15, 0.2) is 42.6 Å². The number of carbonyl (C=O) groups is 1. The van der Waals surface area contributed by atoms with E-state index in [0.717, 1.165) is 17.8 Å². The smallest absolute Gasteiger partial charge is 0.353 e. The summed E-state index contributed by atoms with van der Waals surface area (Å²) >= 11 is 6.11. The zero-order valence-corrected chi connectivity index (χ0v) is 15.3. The molecule has 8 heteroatoms. The van der Waals surface area contributed by atoms with Crippen molar-refractivity contribution >= 4 is 23.3 Å². The number of aryl methyl sites for hydroxylation is 1. The highest BCUT2D eigenvalue weighted by molar-refractivity contribution is 6.31. The molecule has 1 aliphatic heterocycles. The topological polar surface area (TPSA) is 36.4 Å². The molecule has 144 valence electrons. The largest absolute Gasteiger partial charge is 0.417 e. The van der Waals surface area contributed by atoms with Crippen molar-refractivity contribution in [2.75, 3.05) is 31.1 Å². The van der Waals surface area contributed by atoms with Crippen LogP contribution < -0.4 is 4.90 Å². The fraction of sp³-hybridized carbons (Fsp3) is 0.368. The zero-order valence-electron chi connectivity index (χ0n) is 14.5. The molecule has 27 heavy (non-hydrogen) atoms. The Kier molecular flexibility index (Phi) is 5.89. The Balaban J connectivity index is 1.51. The normalized spacial score (nSPS) is 15.1. The first-order valence-electron chi connectivity index (χ1n) is 8.64. The standard InChI is InChI=1S/C19H19ClF3N3O/c20-16-4-2-1-3-14(16)5-8-18(27)26-11-9-25(10-12-26)17-7-6-15(13-24-17)19(21,22)23/h1-4,6-7,13H,5,8-12H2. The monoisotopic (exact) mass is 397 g/mol. The highest BCUT2D eigenvalue weighted by atomic mass is 35.5. The van der Waals surface area contributed by atoms with E-state index in [1.807, 2.05) is 23.1 Å². The number of aromatic nitrogens is 1. The molecule has 0 spiro atoms. The van der Waals surface area contributed by atoms with E-state index in [2.05, 4.69) is 4.98 Å². The number of nitrogens with zero attached hydrogens (tertiary/aromatic N) is 3. The number of carbonyl (C=O) groups excluding carboxylic acids is 1. The lowest BCUT2D eigenvalue weighted by atomic mass is 10.1. The number of benzene rings is 1. The van der Waals surface area contributed by atoms with Gasteiger partial charge in [0.1, 0.15) is 5.82 Å². The van der Waals surface area contributed by atoms with Crippen LogP contribution in [-0.2, 0) is 17.4 Å². The number of piperazine rings is 1. The van der Waals surface area contributed by atoms with Gasteiger partial charge in [0.25, 0.3) is 0 Å². The summed E-state index contributed by atoms with van der Waals surface area (Å²) in [6, 6.07) is 9.85. The van der Waals surface area contributed by atoms with Gasteiger partial charge in [-0.05, 0) is 30.2 Å². The minimum absolute atomic E-state index is 0.0509. The summed E-state index contributed by atoms with van der Waals surface area (Å²) in [5.74, 6) is 0.543. The fourth-order valence-electron chi connectivity index (χ4n) is 3.03. The quantitative estimate of drug-likeness (QED) is 0.781. The van der Waals surface area contributed by atoms with Crippen LogP contribution in [0.2, 0.25) is 5.02 Å². The molecule has 0 radical (unpaired) electrons. The predicted molar refractivity (Wildman–Crippen MR) is 97.8 cm³/mol. The van der Waals surface area contributed by atoms with Crippen molar-refractivity contribution < 1.29 is 18.0 Å². The number of hydrogen-bond acceptors (Lipinski definition) is 3. The Bertz CT molecular complexity index is 788. The highest BCUT2D eigenvalue weighted by Crippen LogP contribution is 2.29. The van der Waals surface area contributed by atoms with Gasteiger partial charge in [0, 0.05) is 43.8 Å². The van der Waals surface area contributed by atoms with E-state index in [1.165, 1.54) is 6.07 Å². The SMILES string of the molecule is O=C(CCc1ccccc1Cl)N1CCN(c2ccc(C(F)(F)F)cn2)CC1. The molecule has 1 aromatic heterocycles. The highest BCUT2D eigenvalue weighted by Gasteiger charge is 2.31. The van der Waals surface area contributed by atoms with Gasteiger partial charge in [-0.25, -0.2) is 4.98 Å². The summed E-state index contributed by atoms with van der Waals surface area (Å²) in [4.78, 5) is 20.0. The number of anilines is 1. The molecule has 0 aliphatic carbocycles. The van der Waals surface area contributed by atoms with Gasteiger partial charge in [0.05, 0.1) is 5.56 Å². The minimum atomic E-state index is -4.39. The third-order valence-electron chi connectivity index (χ3n) is 4.60. The van der Waals surface area contributed by atoms with Gasteiger partial charge in [0.2, 0.25) is 5.91 Å². The molecule has 0 unspecified atom stereocenters. The molecule has 2 heterocycles. The van der Waals surface area contributed by atoms with E-state index < -0.39 is 11.7 Å². The Hall–Kier alpha value is -2.28. The van der Waals surface area contributed by atoms with E-state index in [4.69, 9.17) is 11.6 Å². The lowest BCUT2D eigenvalue weighted by Crippen LogP contribution is -2.49. The van der Waals surface area contributed by atoms with E-state index in [1.54, 1.807) is 11.0 Å². The number of pyridine rings is 1. The second kappa shape index (κ2) is 8.17.